The fourth-order valence-electron chi connectivity index (χ4n) is 2.78. The number of hydrogen-bond acceptors (Lipinski definition) is 5. The molecule has 1 saturated carbocycles. The lowest BCUT2D eigenvalue weighted by atomic mass is 9.61. The Kier molecular flexibility index (Phi) is 4.26. The van der Waals surface area contributed by atoms with Gasteiger partial charge < -0.3 is 20.7 Å². The molecule has 0 saturated heterocycles. The number of nitrogens with two attached hydrogens (primary N) is 1. The first-order chi connectivity index (χ1) is 10.5. The number of aliphatic carboxylic acids is 1. The van der Waals surface area contributed by atoms with Gasteiger partial charge in [0.15, 0.2) is 0 Å². The van der Waals surface area contributed by atoms with Crippen molar-refractivity contribution in [2.45, 2.75) is 50.7 Å². The van der Waals surface area contributed by atoms with Crippen LogP contribution in [0.2, 0.25) is 0 Å². The molecule has 0 spiro atoms. The Morgan fingerprint density at radius 3 is 2.39 bits per heavy atom. The van der Waals surface area contributed by atoms with Gasteiger partial charge in [0.1, 0.15) is 11.4 Å². The fraction of sp³-hybridized carbons (Fsp3) is 0.500. The van der Waals surface area contributed by atoms with E-state index in [1.807, 2.05) is 0 Å². The minimum Gasteiger partial charge on any atom is -0.508 e. The van der Waals surface area contributed by atoms with Gasteiger partial charge in [0.05, 0.1) is 5.41 Å². The smallest absolute Gasteiger partial charge is 0.412 e. The van der Waals surface area contributed by atoms with Crippen LogP contribution < -0.4 is 11.1 Å². The number of carbonyl (C=O) groups excluding carboxylic acids is 1. The standard InChI is InChI=1S/C16H22N2O5/c1-15(2,3)23-14(22)18-10-4-5-11(12(19)6-10)16(13(20)21)7-9(17)8-16/h4-6,9,19H,7-8,17H2,1-3H3,(H,18,22)(H,20,21). The number of carboxylic acid groups (broad SMARTS) is 1. The summed E-state index contributed by atoms with van der Waals surface area (Å²) in [4.78, 5) is 23.3. The number of amides is 1. The average molecular weight is 322 g/mol. The molecule has 1 aliphatic carbocycles. The van der Waals surface area contributed by atoms with Crippen LogP contribution in [0, 0.1) is 0 Å². The van der Waals surface area contributed by atoms with Crippen molar-refractivity contribution in [2.75, 3.05) is 5.32 Å². The van der Waals surface area contributed by atoms with E-state index in [2.05, 4.69) is 5.32 Å². The van der Waals surface area contributed by atoms with E-state index < -0.39 is 23.1 Å². The van der Waals surface area contributed by atoms with E-state index in [0.717, 1.165) is 0 Å². The van der Waals surface area contributed by atoms with Crippen LogP contribution in [-0.2, 0) is 14.9 Å². The minimum atomic E-state index is -1.16. The number of rotatable bonds is 3. The molecule has 0 aliphatic heterocycles. The van der Waals surface area contributed by atoms with Gasteiger partial charge in [0.2, 0.25) is 0 Å². The van der Waals surface area contributed by atoms with E-state index >= 15 is 0 Å². The molecule has 0 heterocycles. The third kappa shape index (κ3) is 3.56. The number of benzene rings is 1. The number of nitrogens with one attached hydrogen (secondary N) is 1. The summed E-state index contributed by atoms with van der Waals surface area (Å²) in [5, 5.41) is 22.1. The topological polar surface area (TPSA) is 122 Å². The molecule has 0 atom stereocenters. The van der Waals surface area contributed by atoms with Crippen molar-refractivity contribution >= 4 is 17.7 Å². The summed E-state index contributed by atoms with van der Waals surface area (Å²) < 4.78 is 5.12. The number of carbonyl (C=O) groups is 2. The fourth-order valence-corrected chi connectivity index (χ4v) is 2.78. The Morgan fingerprint density at radius 1 is 1.35 bits per heavy atom. The summed E-state index contributed by atoms with van der Waals surface area (Å²) in [6.07, 6.45) is -0.105. The van der Waals surface area contributed by atoms with Crippen LogP contribution >= 0.6 is 0 Å². The zero-order valence-electron chi connectivity index (χ0n) is 13.4. The molecule has 0 aromatic heterocycles. The molecule has 2 rings (SSSR count). The van der Waals surface area contributed by atoms with Crippen molar-refractivity contribution < 1.29 is 24.5 Å². The number of hydrogen-bond donors (Lipinski definition) is 4. The Balaban J connectivity index is 2.18. The maximum atomic E-state index is 11.7. The van der Waals surface area contributed by atoms with Gasteiger partial charge in [-0.3, -0.25) is 10.1 Å². The number of phenolic OH excluding ortho intramolecular Hbond substituents is 1. The van der Waals surface area contributed by atoms with Gasteiger partial charge in [-0.15, -0.1) is 0 Å². The highest BCUT2D eigenvalue weighted by molar-refractivity contribution is 5.87. The number of anilines is 1. The highest BCUT2D eigenvalue weighted by Gasteiger charge is 2.51. The molecular weight excluding hydrogens is 300 g/mol. The summed E-state index contributed by atoms with van der Waals surface area (Å²) in [6, 6.07) is 4.16. The molecule has 1 amide bonds. The van der Waals surface area contributed by atoms with Crippen molar-refractivity contribution in [3.63, 3.8) is 0 Å². The molecule has 1 aliphatic rings. The largest absolute Gasteiger partial charge is 0.508 e. The molecule has 0 unspecified atom stereocenters. The van der Waals surface area contributed by atoms with Crippen molar-refractivity contribution in [1.29, 1.82) is 0 Å². The SMILES string of the molecule is CC(C)(C)OC(=O)Nc1ccc(C2(C(=O)O)CC(N)C2)c(O)c1. The summed E-state index contributed by atoms with van der Waals surface area (Å²) in [5.41, 5.74) is 4.55. The second-order valence-corrected chi connectivity index (χ2v) is 6.91. The molecule has 1 fully saturated rings. The van der Waals surface area contributed by atoms with E-state index in [1.54, 1.807) is 20.8 Å². The summed E-state index contributed by atoms with van der Waals surface area (Å²) in [6.45, 7) is 5.22. The van der Waals surface area contributed by atoms with Crippen LogP contribution in [0.1, 0.15) is 39.2 Å². The van der Waals surface area contributed by atoms with Crippen LogP contribution in [0.3, 0.4) is 0 Å². The van der Waals surface area contributed by atoms with Crippen molar-refractivity contribution in [3.8, 4) is 5.75 Å². The number of carboxylic acids is 1. The Bertz CT molecular complexity index is 630. The van der Waals surface area contributed by atoms with Crippen LogP contribution in [-0.4, -0.2) is 33.9 Å². The Hall–Kier alpha value is -2.28. The van der Waals surface area contributed by atoms with Gasteiger partial charge in [-0.25, -0.2) is 4.79 Å². The molecule has 1 aromatic rings. The zero-order valence-corrected chi connectivity index (χ0v) is 13.4. The first kappa shape index (κ1) is 17.1. The monoisotopic (exact) mass is 322 g/mol. The lowest BCUT2D eigenvalue weighted by Gasteiger charge is -2.43. The predicted molar refractivity (Wildman–Crippen MR) is 84.5 cm³/mol. The van der Waals surface area contributed by atoms with Crippen molar-refractivity contribution in [2.24, 2.45) is 5.73 Å². The minimum absolute atomic E-state index is 0.187. The molecule has 23 heavy (non-hydrogen) atoms. The number of ether oxygens (including phenoxy) is 1. The lowest BCUT2D eigenvalue weighted by Crippen LogP contribution is -2.54. The van der Waals surface area contributed by atoms with E-state index in [4.69, 9.17) is 10.5 Å². The molecular formula is C16H22N2O5. The second kappa shape index (κ2) is 5.73. The Morgan fingerprint density at radius 2 is 1.96 bits per heavy atom. The maximum Gasteiger partial charge on any atom is 0.412 e. The molecule has 7 heteroatoms. The summed E-state index contributed by atoms with van der Waals surface area (Å²) in [5.74, 6) is -1.20. The first-order valence-electron chi connectivity index (χ1n) is 7.36. The quantitative estimate of drug-likeness (QED) is 0.676. The normalized spacial score (nSPS) is 23.7. The second-order valence-electron chi connectivity index (χ2n) is 6.91. The third-order valence-corrected chi connectivity index (χ3v) is 3.79. The van der Waals surface area contributed by atoms with Gasteiger partial charge in [-0.05, 0) is 39.7 Å². The van der Waals surface area contributed by atoms with E-state index in [9.17, 15) is 19.8 Å². The van der Waals surface area contributed by atoms with Crippen LogP contribution in [0.5, 0.6) is 5.75 Å². The van der Waals surface area contributed by atoms with Crippen LogP contribution in [0.4, 0.5) is 10.5 Å². The highest BCUT2D eigenvalue weighted by atomic mass is 16.6. The number of aromatic hydroxyl groups is 1. The first-order valence-corrected chi connectivity index (χ1v) is 7.36. The average Bonchev–Trinajstić information content (AvgIpc) is 2.32. The maximum absolute atomic E-state index is 11.7. The summed E-state index contributed by atoms with van der Waals surface area (Å²) >= 11 is 0. The van der Waals surface area contributed by atoms with E-state index in [0.29, 0.717) is 11.3 Å². The van der Waals surface area contributed by atoms with Crippen LogP contribution in [0.15, 0.2) is 18.2 Å². The summed E-state index contributed by atoms with van der Waals surface area (Å²) in [7, 11) is 0. The molecule has 0 bridgehead atoms. The Labute approximate surface area is 134 Å². The van der Waals surface area contributed by atoms with Crippen LogP contribution in [0.25, 0.3) is 0 Å². The van der Waals surface area contributed by atoms with Crippen molar-refractivity contribution in [3.05, 3.63) is 23.8 Å². The molecule has 0 radical (unpaired) electrons. The van der Waals surface area contributed by atoms with Gasteiger partial charge in [-0.2, -0.15) is 0 Å². The zero-order chi connectivity index (χ0) is 17.4. The van der Waals surface area contributed by atoms with Gasteiger partial charge in [0.25, 0.3) is 0 Å². The third-order valence-electron chi connectivity index (χ3n) is 3.79. The van der Waals surface area contributed by atoms with Gasteiger partial charge in [-0.1, -0.05) is 6.07 Å². The lowest BCUT2D eigenvalue weighted by molar-refractivity contribution is -0.148. The molecule has 7 nitrogen and oxygen atoms in total. The van der Waals surface area contributed by atoms with Crippen molar-refractivity contribution in [1.82, 2.24) is 0 Å². The molecule has 5 N–H and O–H groups in total. The van der Waals surface area contributed by atoms with Gasteiger partial charge >= 0.3 is 12.1 Å². The van der Waals surface area contributed by atoms with Gasteiger partial charge in [0, 0.05) is 23.4 Å². The van der Waals surface area contributed by atoms with E-state index in [1.165, 1.54) is 18.2 Å². The molecule has 1 aromatic carbocycles. The highest BCUT2D eigenvalue weighted by Crippen LogP contribution is 2.47. The molecule has 126 valence electrons. The van der Waals surface area contributed by atoms with E-state index in [-0.39, 0.29) is 24.6 Å². The number of phenols is 1. The predicted octanol–water partition coefficient (Wildman–Crippen LogP) is 2.18.